The van der Waals surface area contributed by atoms with Crippen molar-refractivity contribution in [2.24, 2.45) is 0 Å². The van der Waals surface area contributed by atoms with Gasteiger partial charge in [0.2, 0.25) is 13.6 Å². The number of hydrogen-bond donors (Lipinski definition) is 1. The number of rotatable bonds is 4. The van der Waals surface area contributed by atoms with E-state index in [0.717, 1.165) is 13.2 Å². The molecule has 0 radical (unpaired) electrons. The predicted molar refractivity (Wildman–Crippen MR) is 109 cm³/mol. The summed E-state index contributed by atoms with van der Waals surface area (Å²) in [6.45, 7) is -0.504. The van der Waals surface area contributed by atoms with Crippen LogP contribution in [0.2, 0.25) is 0 Å². The molecule has 1 N–H and O–H groups in total. The number of methoxy groups -OCH3 is 1. The van der Waals surface area contributed by atoms with Crippen molar-refractivity contribution in [2.75, 3.05) is 20.7 Å². The van der Waals surface area contributed by atoms with Gasteiger partial charge in [-0.2, -0.15) is 21.6 Å². The number of fused-ring (bicyclic) bond motifs is 3. The van der Waals surface area contributed by atoms with Gasteiger partial charge in [0, 0.05) is 11.1 Å². The molecule has 12 nitrogen and oxygen atoms in total. The zero-order chi connectivity index (χ0) is 26.0. The number of halogens is 3. The third kappa shape index (κ3) is 3.62. The lowest BCUT2D eigenvalue weighted by Gasteiger charge is -2.26. The molecule has 2 aromatic rings. The number of alkyl halides is 3. The molecule has 3 aliphatic rings. The van der Waals surface area contributed by atoms with Gasteiger partial charge in [0.25, 0.3) is 10.0 Å². The molecule has 0 fully saturated rings. The molecule has 3 heterocycles. The molecule has 0 atom stereocenters. The van der Waals surface area contributed by atoms with Crippen LogP contribution in [-0.4, -0.2) is 49.0 Å². The molecule has 2 aromatic carbocycles. The van der Waals surface area contributed by atoms with Gasteiger partial charge in [0.15, 0.2) is 34.5 Å². The SMILES string of the molecule is COC(=O)C1=C(OS(=O)(=O)C(F)(F)F)c2cc3c(c(-c4ccc5c(c4)OCO5)c2S(=O)(=O)N1)OCO3. The zero-order valence-corrected chi connectivity index (χ0v) is 19.3. The van der Waals surface area contributed by atoms with Gasteiger partial charge in [-0.1, -0.05) is 6.07 Å². The van der Waals surface area contributed by atoms with Gasteiger partial charge in [0.1, 0.15) is 4.90 Å². The summed E-state index contributed by atoms with van der Waals surface area (Å²) in [5.41, 5.74) is -7.93. The van der Waals surface area contributed by atoms with Gasteiger partial charge in [-0.15, -0.1) is 0 Å². The van der Waals surface area contributed by atoms with Crippen LogP contribution in [0.15, 0.2) is 34.9 Å². The quantitative estimate of drug-likeness (QED) is 0.336. The summed E-state index contributed by atoms with van der Waals surface area (Å²) in [4.78, 5) is 11.5. The lowest BCUT2D eigenvalue weighted by Crippen LogP contribution is -2.36. The van der Waals surface area contributed by atoms with E-state index in [9.17, 15) is 34.8 Å². The van der Waals surface area contributed by atoms with E-state index in [1.807, 2.05) is 0 Å². The second kappa shape index (κ2) is 7.82. The highest BCUT2D eigenvalue weighted by Crippen LogP contribution is 2.52. The molecule has 5 rings (SSSR count). The Kier molecular flexibility index (Phi) is 5.18. The zero-order valence-electron chi connectivity index (χ0n) is 17.7. The standard InChI is InChI=1S/C19H12F3NO11S2/c1-29-18(24)14-15(34-36(27,28)19(20,21)22)9-5-12-16(33-7-32-12)13(17(9)35(25,26)23-14)8-2-3-10-11(4-8)31-6-30-10/h2-5,23H,6-7H2,1H3. The molecular weight excluding hydrogens is 539 g/mol. The molecule has 0 aromatic heterocycles. The lowest BCUT2D eigenvalue weighted by molar-refractivity contribution is -0.136. The molecule has 3 aliphatic heterocycles. The average Bonchev–Trinajstić information content (AvgIpc) is 3.46. The van der Waals surface area contributed by atoms with Crippen LogP contribution in [-0.2, 0) is 33.9 Å². The Bertz CT molecular complexity index is 1560. The Morgan fingerprint density at radius 3 is 2.39 bits per heavy atom. The third-order valence-corrected chi connectivity index (χ3v) is 7.51. The van der Waals surface area contributed by atoms with Crippen LogP contribution in [0.1, 0.15) is 5.56 Å². The first-order chi connectivity index (χ1) is 16.8. The fourth-order valence-electron chi connectivity index (χ4n) is 3.63. The van der Waals surface area contributed by atoms with E-state index in [2.05, 4.69) is 8.92 Å². The van der Waals surface area contributed by atoms with Crippen molar-refractivity contribution in [1.82, 2.24) is 4.72 Å². The minimum Gasteiger partial charge on any atom is -0.464 e. The summed E-state index contributed by atoms with van der Waals surface area (Å²) >= 11 is 0. The minimum atomic E-state index is -6.36. The number of ether oxygens (including phenoxy) is 5. The van der Waals surface area contributed by atoms with Crippen molar-refractivity contribution in [1.29, 1.82) is 0 Å². The number of esters is 1. The highest BCUT2D eigenvalue weighted by Gasteiger charge is 2.51. The number of nitrogens with one attached hydrogen (secondary N) is 1. The van der Waals surface area contributed by atoms with Crippen LogP contribution in [0.5, 0.6) is 23.0 Å². The smallest absolute Gasteiger partial charge is 0.464 e. The first-order valence-electron chi connectivity index (χ1n) is 9.57. The van der Waals surface area contributed by atoms with Crippen LogP contribution in [0, 0.1) is 0 Å². The summed E-state index contributed by atoms with van der Waals surface area (Å²) < 4.78 is 122. The monoisotopic (exact) mass is 551 g/mol. The normalized spacial score (nSPS) is 17.3. The van der Waals surface area contributed by atoms with Crippen molar-refractivity contribution in [3.63, 3.8) is 0 Å². The van der Waals surface area contributed by atoms with E-state index in [-0.39, 0.29) is 35.2 Å². The molecule has 0 saturated heterocycles. The Hall–Kier alpha value is -3.86. The van der Waals surface area contributed by atoms with Crippen molar-refractivity contribution in [2.45, 2.75) is 10.4 Å². The second-order valence-electron chi connectivity index (χ2n) is 7.21. The summed E-state index contributed by atoms with van der Waals surface area (Å²) in [7, 11) is -10.3. The summed E-state index contributed by atoms with van der Waals surface area (Å²) in [5.74, 6) is -2.50. The van der Waals surface area contributed by atoms with Gasteiger partial charge in [-0.3, -0.25) is 4.72 Å². The highest BCUT2D eigenvalue weighted by atomic mass is 32.2. The number of benzene rings is 2. The molecule has 0 spiro atoms. The van der Waals surface area contributed by atoms with E-state index in [0.29, 0.717) is 5.75 Å². The Morgan fingerprint density at radius 2 is 1.69 bits per heavy atom. The van der Waals surface area contributed by atoms with Crippen LogP contribution in [0.3, 0.4) is 0 Å². The van der Waals surface area contributed by atoms with E-state index in [1.165, 1.54) is 18.2 Å². The molecule has 0 unspecified atom stereocenters. The van der Waals surface area contributed by atoms with Crippen LogP contribution >= 0.6 is 0 Å². The molecule has 36 heavy (non-hydrogen) atoms. The van der Waals surface area contributed by atoms with E-state index < -0.39 is 60.3 Å². The van der Waals surface area contributed by atoms with Gasteiger partial charge in [-0.05, 0) is 23.8 Å². The Labute approximate surface area is 200 Å². The molecular formula is C19H12F3NO11S2. The number of carbonyl (C=O) groups excluding carboxylic acids is 1. The van der Waals surface area contributed by atoms with E-state index in [4.69, 9.17) is 18.9 Å². The summed E-state index contributed by atoms with van der Waals surface area (Å²) in [6, 6.07) is 5.12. The largest absolute Gasteiger partial charge is 0.534 e. The van der Waals surface area contributed by atoms with Gasteiger partial charge in [-0.25, -0.2) is 13.2 Å². The van der Waals surface area contributed by atoms with E-state index in [1.54, 1.807) is 4.72 Å². The molecule has 192 valence electrons. The Balaban J connectivity index is 1.85. The van der Waals surface area contributed by atoms with Crippen LogP contribution in [0.4, 0.5) is 13.2 Å². The van der Waals surface area contributed by atoms with Crippen molar-refractivity contribution in [3.8, 4) is 34.1 Å². The summed E-state index contributed by atoms with van der Waals surface area (Å²) in [6.07, 6.45) is 0. The number of carbonyl (C=O) groups is 1. The number of hydrogen-bond acceptors (Lipinski definition) is 11. The third-order valence-electron chi connectivity index (χ3n) is 5.12. The number of sulfonamides is 1. The van der Waals surface area contributed by atoms with Gasteiger partial charge in [0.05, 0.1) is 7.11 Å². The van der Waals surface area contributed by atoms with E-state index >= 15 is 0 Å². The molecule has 0 amide bonds. The molecule has 17 heteroatoms. The van der Waals surface area contributed by atoms with Crippen molar-refractivity contribution in [3.05, 3.63) is 35.5 Å². The molecule has 0 aliphatic carbocycles. The fraction of sp³-hybridized carbons (Fsp3) is 0.211. The average molecular weight is 551 g/mol. The minimum absolute atomic E-state index is 0.109. The van der Waals surface area contributed by atoms with Crippen LogP contribution in [0.25, 0.3) is 16.9 Å². The first-order valence-corrected chi connectivity index (χ1v) is 12.5. The van der Waals surface area contributed by atoms with Gasteiger partial charge >= 0.3 is 21.6 Å². The van der Waals surface area contributed by atoms with Crippen molar-refractivity contribution < 1.29 is 62.7 Å². The topological polar surface area (TPSA) is 153 Å². The molecule has 0 saturated carbocycles. The maximum absolute atomic E-state index is 13.3. The van der Waals surface area contributed by atoms with Crippen molar-refractivity contribution >= 4 is 31.9 Å². The predicted octanol–water partition coefficient (Wildman–Crippen LogP) is 1.81. The summed E-state index contributed by atoms with van der Waals surface area (Å²) in [5, 5.41) is 0. The van der Waals surface area contributed by atoms with Crippen LogP contribution < -0.4 is 23.7 Å². The second-order valence-corrected chi connectivity index (χ2v) is 10.4. The fourth-order valence-corrected chi connectivity index (χ4v) is 5.59. The lowest BCUT2D eigenvalue weighted by atomic mass is 9.99. The maximum atomic E-state index is 13.3. The Morgan fingerprint density at radius 1 is 1.03 bits per heavy atom. The molecule has 0 bridgehead atoms. The highest BCUT2D eigenvalue weighted by molar-refractivity contribution is 7.90. The maximum Gasteiger partial charge on any atom is 0.534 e. The first kappa shape index (κ1) is 23.9. The van der Waals surface area contributed by atoms with Gasteiger partial charge < -0.3 is 27.9 Å².